The summed E-state index contributed by atoms with van der Waals surface area (Å²) in [5, 5.41) is 13.2. The number of hydrogen-bond acceptors (Lipinski definition) is 5. The lowest BCUT2D eigenvalue weighted by atomic mass is 10.1. The van der Waals surface area contributed by atoms with Crippen molar-refractivity contribution in [1.82, 2.24) is 5.16 Å². The largest absolute Gasteiger partial charge is 0.481 e. The molecule has 7 heteroatoms. The van der Waals surface area contributed by atoms with Crippen LogP contribution in [0.1, 0.15) is 23.7 Å². The summed E-state index contributed by atoms with van der Waals surface area (Å²) in [4.78, 5) is 22.8. The van der Waals surface area contributed by atoms with Crippen molar-refractivity contribution in [2.75, 3.05) is 0 Å². The summed E-state index contributed by atoms with van der Waals surface area (Å²) in [5.41, 5.74) is 1.40. The molecule has 128 valence electrons. The van der Waals surface area contributed by atoms with Crippen molar-refractivity contribution in [1.29, 1.82) is 0 Å². The number of nitrogens with zero attached hydrogens (tertiary/aromatic N) is 1. The number of benzene rings is 2. The van der Waals surface area contributed by atoms with E-state index >= 15 is 0 Å². The number of esters is 1. The minimum atomic E-state index is -1.05. The normalized spacial score (nSPS) is 12.1. The molecule has 0 radical (unpaired) electrons. The van der Waals surface area contributed by atoms with Gasteiger partial charge in [0.1, 0.15) is 17.4 Å². The molecule has 0 saturated heterocycles. The van der Waals surface area contributed by atoms with Crippen LogP contribution in [0, 0.1) is 5.82 Å². The van der Waals surface area contributed by atoms with E-state index in [1.165, 1.54) is 25.1 Å². The molecule has 1 atom stereocenters. The molecule has 1 heterocycles. The first-order valence-corrected chi connectivity index (χ1v) is 7.52. The number of carbonyl (C=O) groups excluding carboxylic acids is 1. The van der Waals surface area contributed by atoms with E-state index < -0.39 is 18.0 Å². The molecule has 1 unspecified atom stereocenters. The number of fused-ring (bicyclic) bond motifs is 1. The second kappa shape index (κ2) is 6.72. The molecule has 6 nitrogen and oxygen atoms in total. The zero-order chi connectivity index (χ0) is 18.0. The summed E-state index contributed by atoms with van der Waals surface area (Å²) in [7, 11) is 0. The standard InChI is InChI=1S/C18H14FNO5/c1-10(8-16(21)22)24-18(23)12-4-7-15-14(9-12)17(25-20-15)11-2-5-13(19)6-3-11/h2-7,9-10H,8H2,1H3,(H,21,22). The quantitative estimate of drug-likeness (QED) is 0.711. The maximum Gasteiger partial charge on any atom is 0.338 e. The minimum Gasteiger partial charge on any atom is -0.481 e. The van der Waals surface area contributed by atoms with Crippen LogP contribution in [0.3, 0.4) is 0 Å². The lowest BCUT2D eigenvalue weighted by molar-refractivity contribution is -0.138. The molecule has 25 heavy (non-hydrogen) atoms. The lowest BCUT2D eigenvalue weighted by Crippen LogP contribution is -2.18. The molecule has 1 N–H and O–H groups in total. The van der Waals surface area contributed by atoms with Gasteiger partial charge < -0.3 is 14.4 Å². The Balaban J connectivity index is 1.91. The van der Waals surface area contributed by atoms with Gasteiger partial charge in [0.2, 0.25) is 0 Å². The Morgan fingerprint density at radius 2 is 1.96 bits per heavy atom. The van der Waals surface area contributed by atoms with Crippen LogP contribution in [0.25, 0.3) is 22.2 Å². The highest BCUT2D eigenvalue weighted by atomic mass is 19.1. The summed E-state index contributed by atoms with van der Waals surface area (Å²) < 4.78 is 23.5. The minimum absolute atomic E-state index is 0.247. The second-order valence-corrected chi connectivity index (χ2v) is 5.56. The smallest absolute Gasteiger partial charge is 0.338 e. The van der Waals surface area contributed by atoms with Crippen molar-refractivity contribution in [2.24, 2.45) is 0 Å². The Morgan fingerprint density at radius 3 is 2.64 bits per heavy atom. The molecular formula is C18H14FNO5. The number of carboxylic acids is 1. The third kappa shape index (κ3) is 3.65. The molecule has 0 aliphatic heterocycles. The second-order valence-electron chi connectivity index (χ2n) is 5.56. The predicted molar refractivity (Wildman–Crippen MR) is 86.5 cm³/mol. The molecule has 0 aliphatic rings. The maximum absolute atomic E-state index is 13.1. The Bertz CT molecular complexity index is 932. The zero-order valence-electron chi connectivity index (χ0n) is 13.2. The third-order valence-electron chi connectivity index (χ3n) is 3.59. The first-order valence-electron chi connectivity index (χ1n) is 7.52. The van der Waals surface area contributed by atoms with E-state index in [1.807, 2.05) is 0 Å². The fourth-order valence-electron chi connectivity index (χ4n) is 2.42. The molecule has 3 aromatic rings. The summed E-state index contributed by atoms with van der Waals surface area (Å²) in [6, 6.07) is 10.4. The van der Waals surface area contributed by atoms with Crippen LogP contribution in [0.5, 0.6) is 0 Å². The van der Waals surface area contributed by atoms with E-state index in [9.17, 15) is 14.0 Å². The summed E-state index contributed by atoms with van der Waals surface area (Å²) >= 11 is 0. The van der Waals surface area contributed by atoms with Gasteiger partial charge in [0.25, 0.3) is 0 Å². The zero-order valence-corrected chi connectivity index (χ0v) is 13.2. The fourth-order valence-corrected chi connectivity index (χ4v) is 2.42. The monoisotopic (exact) mass is 343 g/mol. The Hall–Kier alpha value is -3.22. The average molecular weight is 343 g/mol. The first kappa shape index (κ1) is 16.6. The molecular weight excluding hydrogens is 329 g/mol. The Kier molecular flexibility index (Phi) is 4.47. The van der Waals surface area contributed by atoms with Crippen LogP contribution in [0.2, 0.25) is 0 Å². The number of carbonyl (C=O) groups is 2. The molecule has 0 amide bonds. The van der Waals surface area contributed by atoms with Crippen molar-refractivity contribution in [3.8, 4) is 11.3 Å². The number of aliphatic carboxylic acids is 1. The highest BCUT2D eigenvalue weighted by molar-refractivity contribution is 5.98. The molecule has 2 aromatic carbocycles. The maximum atomic E-state index is 13.1. The van der Waals surface area contributed by atoms with Crippen LogP contribution in [-0.4, -0.2) is 28.3 Å². The van der Waals surface area contributed by atoms with Crippen molar-refractivity contribution < 1.29 is 28.3 Å². The van der Waals surface area contributed by atoms with Gasteiger partial charge in [-0.15, -0.1) is 0 Å². The van der Waals surface area contributed by atoms with Crippen molar-refractivity contribution >= 4 is 22.8 Å². The van der Waals surface area contributed by atoms with Crippen LogP contribution in [-0.2, 0) is 9.53 Å². The molecule has 0 fully saturated rings. The van der Waals surface area contributed by atoms with Crippen molar-refractivity contribution in [2.45, 2.75) is 19.4 Å². The third-order valence-corrected chi connectivity index (χ3v) is 3.59. The number of carboxylic acid groups (broad SMARTS) is 1. The number of aromatic nitrogens is 1. The van der Waals surface area contributed by atoms with E-state index in [4.69, 9.17) is 14.4 Å². The lowest BCUT2D eigenvalue weighted by Gasteiger charge is -2.10. The molecule has 1 aromatic heterocycles. The van der Waals surface area contributed by atoms with E-state index in [0.29, 0.717) is 22.2 Å². The van der Waals surface area contributed by atoms with Gasteiger partial charge in [0, 0.05) is 5.56 Å². The van der Waals surface area contributed by atoms with Gasteiger partial charge in [-0.3, -0.25) is 4.79 Å². The van der Waals surface area contributed by atoms with Gasteiger partial charge in [0.05, 0.1) is 17.4 Å². The average Bonchev–Trinajstić information content (AvgIpc) is 2.97. The SMILES string of the molecule is CC(CC(=O)O)OC(=O)c1ccc2noc(-c3ccc(F)cc3)c2c1. The molecule has 0 spiro atoms. The highest BCUT2D eigenvalue weighted by Crippen LogP contribution is 2.29. The summed E-state index contributed by atoms with van der Waals surface area (Å²) in [6.45, 7) is 1.51. The molecule has 0 bridgehead atoms. The van der Waals surface area contributed by atoms with E-state index in [-0.39, 0.29) is 17.8 Å². The van der Waals surface area contributed by atoms with E-state index in [0.717, 1.165) is 0 Å². The van der Waals surface area contributed by atoms with Crippen LogP contribution in [0.4, 0.5) is 4.39 Å². The fraction of sp³-hybridized carbons (Fsp3) is 0.167. The van der Waals surface area contributed by atoms with Crippen LogP contribution < -0.4 is 0 Å². The van der Waals surface area contributed by atoms with Crippen LogP contribution >= 0.6 is 0 Å². The van der Waals surface area contributed by atoms with Crippen molar-refractivity contribution in [3.63, 3.8) is 0 Å². The predicted octanol–water partition coefficient (Wildman–Crippen LogP) is 3.65. The number of rotatable bonds is 5. The van der Waals surface area contributed by atoms with Crippen LogP contribution in [0.15, 0.2) is 47.0 Å². The van der Waals surface area contributed by atoms with Crippen molar-refractivity contribution in [3.05, 3.63) is 53.8 Å². The molecule has 0 aliphatic carbocycles. The van der Waals surface area contributed by atoms with E-state index in [2.05, 4.69) is 5.16 Å². The highest BCUT2D eigenvalue weighted by Gasteiger charge is 2.18. The van der Waals surface area contributed by atoms with Gasteiger partial charge >= 0.3 is 11.9 Å². The van der Waals surface area contributed by atoms with Gasteiger partial charge in [-0.05, 0) is 49.4 Å². The number of halogens is 1. The number of ether oxygens (including phenoxy) is 1. The molecule has 0 saturated carbocycles. The number of hydrogen-bond donors (Lipinski definition) is 1. The Morgan fingerprint density at radius 1 is 1.24 bits per heavy atom. The topological polar surface area (TPSA) is 89.6 Å². The van der Waals surface area contributed by atoms with E-state index in [1.54, 1.807) is 24.3 Å². The summed E-state index contributed by atoms with van der Waals surface area (Å²) in [6.07, 6.45) is -1.03. The Labute approximate surface area is 141 Å². The van der Waals surface area contributed by atoms with Gasteiger partial charge in [0.15, 0.2) is 5.76 Å². The molecule has 3 rings (SSSR count). The summed E-state index contributed by atoms with van der Waals surface area (Å²) in [5.74, 6) is -1.65. The van der Waals surface area contributed by atoms with Gasteiger partial charge in [-0.2, -0.15) is 0 Å². The van der Waals surface area contributed by atoms with Gasteiger partial charge in [-0.25, -0.2) is 9.18 Å². The first-order chi connectivity index (χ1) is 11.9. The van der Waals surface area contributed by atoms with Gasteiger partial charge in [-0.1, -0.05) is 5.16 Å².